The number of anilines is 1. The van der Waals surface area contributed by atoms with Crippen molar-refractivity contribution in [1.82, 2.24) is 4.90 Å². The molecule has 3 aliphatic heterocycles. The molecule has 0 radical (unpaired) electrons. The average molecular weight is 467 g/mol. The quantitative estimate of drug-likeness (QED) is 0.583. The fourth-order valence-electron chi connectivity index (χ4n) is 4.86. The summed E-state index contributed by atoms with van der Waals surface area (Å²) in [6.07, 6.45) is 1.10. The van der Waals surface area contributed by atoms with Crippen LogP contribution in [0.5, 0.6) is 11.5 Å². The fraction of sp³-hybridized carbons (Fsp3) is 0.333. The van der Waals surface area contributed by atoms with Crippen molar-refractivity contribution in [3.8, 4) is 11.5 Å². The van der Waals surface area contributed by atoms with Gasteiger partial charge in [-0.25, -0.2) is 0 Å². The monoisotopic (exact) mass is 466 g/mol. The summed E-state index contributed by atoms with van der Waals surface area (Å²) in [6.45, 7) is 2.10. The molecule has 3 aromatic rings. The Bertz CT molecular complexity index is 1170. The third-order valence-electron chi connectivity index (χ3n) is 6.37. The van der Waals surface area contributed by atoms with Gasteiger partial charge in [-0.1, -0.05) is 6.07 Å². The topological polar surface area (TPSA) is 59.1 Å². The Kier molecular flexibility index (Phi) is 4.91. The van der Waals surface area contributed by atoms with Crippen LogP contribution in [-0.4, -0.2) is 43.0 Å². The maximum Gasteiger partial charge on any atom is 0.228 e. The molecule has 1 fully saturated rings. The van der Waals surface area contributed by atoms with Crippen LogP contribution in [0.1, 0.15) is 27.8 Å². The minimum Gasteiger partial charge on any atom is -0.486 e. The van der Waals surface area contributed by atoms with E-state index in [9.17, 15) is 9.59 Å². The standard InChI is InChI=1S/C24H22N2O4S2/c27-22-12-15(14-26(22)16-3-4-18-19(13-16)30-9-8-29-18)24(28)25-7-5-20-17(6-11-32-20)23(25)21-2-1-10-31-21/h1-4,6,10-11,13,15,23H,5,7-9,12,14H2. The molecule has 0 aliphatic carbocycles. The highest BCUT2D eigenvalue weighted by Crippen LogP contribution is 2.41. The van der Waals surface area contributed by atoms with Gasteiger partial charge in [-0.05, 0) is 47.0 Å². The number of hydrogen-bond donors (Lipinski definition) is 0. The maximum atomic E-state index is 13.7. The highest BCUT2D eigenvalue weighted by atomic mass is 32.1. The third kappa shape index (κ3) is 3.29. The molecule has 2 unspecified atom stereocenters. The summed E-state index contributed by atoms with van der Waals surface area (Å²) in [5, 5.41) is 4.17. The third-order valence-corrected chi connectivity index (χ3v) is 8.29. The molecule has 164 valence electrons. The first kappa shape index (κ1) is 19.8. The number of hydrogen-bond acceptors (Lipinski definition) is 6. The molecule has 2 atom stereocenters. The molecule has 1 aromatic carbocycles. The molecule has 1 saturated heterocycles. The van der Waals surface area contributed by atoms with Crippen LogP contribution in [0.4, 0.5) is 5.69 Å². The number of carbonyl (C=O) groups is 2. The normalized spacial score (nSPS) is 22.2. The molecular weight excluding hydrogens is 444 g/mol. The van der Waals surface area contributed by atoms with E-state index < -0.39 is 0 Å². The van der Waals surface area contributed by atoms with Gasteiger partial charge in [-0.15, -0.1) is 22.7 Å². The van der Waals surface area contributed by atoms with Crippen molar-refractivity contribution < 1.29 is 19.1 Å². The van der Waals surface area contributed by atoms with Gasteiger partial charge in [0, 0.05) is 41.0 Å². The van der Waals surface area contributed by atoms with Crippen LogP contribution in [0.3, 0.4) is 0 Å². The summed E-state index contributed by atoms with van der Waals surface area (Å²) in [7, 11) is 0. The molecule has 0 N–H and O–H groups in total. The van der Waals surface area contributed by atoms with E-state index >= 15 is 0 Å². The number of carbonyl (C=O) groups excluding carboxylic acids is 2. The first-order valence-corrected chi connectivity index (χ1v) is 12.5. The largest absolute Gasteiger partial charge is 0.486 e. The molecule has 0 saturated carbocycles. The van der Waals surface area contributed by atoms with Crippen molar-refractivity contribution >= 4 is 40.2 Å². The van der Waals surface area contributed by atoms with Gasteiger partial charge in [-0.3, -0.25) is 9.59 Å². The fourth-order valence-corrected chi connectivity index (χ4v) is 6.62. The van der Waals surface area contributed by atoms with Gasteiger partial charge in [0.25, 0.3) is 0 Å². The number of thiophene rings is 2. The molecule has 0 bridgehead atoms. The molecule has 0 spiro atoms. The van der Waals surface area contributed by atoms with Crippen molar-refractivity contribution in [2.45, 2.75) is 18.9 Å². The number of nitrogens with zero attached hydrogens (tertiary/aromatic N) is 2. The predicted molar refractivity (Wildman–Crippen MR) is 124 cm³/mol. The smallest absolute Gasteiger partial charge is 0.228 e. The number of rotatable bonds is 3. The van der Waals surface area contributed by atoms with Crippen LogP contribution < -0.4 is 14.4 Å². The van der Waals surface area contributed by atoms with Crippen molar-refractivity contribution in [3.63, 3.8) is 0 Å². The molecule has 3 aliphatic rings. The Morgan fingerprint density at radius 1 is 1.03 bits per heavy atom. The Balaban J connectivity index is 1.26. The Hall–Kier alpha value is -2.84. The molecule has 6 rings (SSSR count). The van der Waals surface area contributed by atoms with Crippen LogP contribution in [0, 0.1) is 5.92 Å². The lowest BCUT2D eigenvalue weighted by Gasteiger charge is -2.37. The van der Waals surface area contributed by atoms with Crippen LogP contribution in [-0.2, 0) is 16.0 Å². The van der Waals surface area contributed by atoms with E-state index in [1.165, 1.54) is 15.3 Å². The molecule has 6 nitrogen and oxygen atoms in total. The van der Waals surface area contributed by atoms with E-state index in [2.05, 4.69) is 22.9 Å². The summed E-state index contributed by atoms with van der Waals surface area (Å²) in [4.78, 5) is 32.8. The highest BCUT2D eigenvalue weighted by molar-refractivity contribution is 7.10. The Labute approximate surface area is 194 Å². The minimum absolute atomic E-state index is 0.0269. The predicted octanol–water partition coefficient (Wildman–Crippen LogP) is 4.11. The van der Waals surface area contributed by atoms with Crippen LogP contribution >= 0.6 is 22.7 Å². The van der Waals surface area contributed by atoms with Gasteiger partial charge in [0.2, 0.25) is 11.8 Å². The molecular formula is C24H22N2O4S2. The van der Waals surface area contributed by atoms with Crippen LogP contribution in [0.2, 0.25) is 0 Å². The molecule has 8 heteroatoms. The van der Waals surface area contributed by atoms with Crippen molar-refractivity contribution in [2.75, 3.05) is 31.2 Å². The second kappa shape index (κ2) is 7.94. The van der Waals surface area contributed by atoms with Crippen molar-refractivity contribution in [3.05, 3.63) is 62.5 Å². The molecule has 32 heavy (non-hydrogen) atoms. The molecule has 2 amide bonds. The van der Waals surface area contributed by atoms with Gasteiger partial charge in [-0.2, -0.15) is 0 Å². The number of ether oxygens (including phenoxy) is 2. The SMILES string of the molecule is O=C1CC(C(=O)N2CCc3sccc3C2c2cccs2)CN1c1ccc2c(c1)OCCO2. The maximum absolute atomic E-state index is 13.7. The summed E-state index contributed by atoms with van der Waals surface area (Å²) < 4.78 is 11.3. The summed E-state index contributed by atoms with van der Waals surface area (Å²) >= 11 is 3.44. The zero-order valence-corrected chi connectivity index (χ0v) is 19.0. The number of amides is 2. The van der Waals surface area contributed by atoms with Gasteiger partial charge in [0.15, 0.2) is 11.5 Å². The van der Waals surface area contributed by atoms with E-state index in [0.29, 0.717) is 37.8 Å². The second-order valence-corrected chi connectivity index (χ2v) is 10.2. The lowest BCUT2D eigenvalue weighted by molar-refractivity contribution is -0.137. The first-order chi connectivity index (χ1) is 15.7. The van der Waals surface area contributed by atoms with Crippen molar-refractivity contribution in [1.29, 1.82) is 0 Å². The number of fused-ring (bicyclic) bond motifs is 2. The summed E-state index contributed by atoms with van der Waals surface area (Å²) in [5.74, 6) is 1.03. The minimum atomic E-state index is -0.349. The number of benzene rings is 1. The van der Waals surface area contributed by atoms with Gasteiger partial charge in [0.1, 0.15) is 13.2 Å². The van der Waals surface area contributed by atoms with Gasteiger partial charge in [0.05, 0.1) is 12.0 Å². The lowest BCUT2D eigenvalue weighted by atomic mass is 9.96. The zero-order chi connectivity index (χ0) is 21.7. The average Bonchev–Trinajstić information content (AvgIpc) is 3.58. The van der Waals surface area contributed by atoms with Gasteiger partial charge < -0.3 is 19.3 Å². The van der Waals surface area contributed by atoms with Gasteiger partial charge >= 0.3 is 0 Å². The zero-order valence-electron chi connectivity index (χ0n) is 17.4. The van der Waals surface area contributed by atoms with Crippen LogP contribution in [0.15, 0.2) is 47.2 Å². The molecule has 5 heterocycles. The highest BCUT2D eigenvalue weighted by Gasteiger charge is 2.41. The summed E-state index contributed by atoms with van der Waals surface area (Å²) in [5.41, 5.74) is 1.98. The van der Waals surface area contributed by atoms with Crippen molar-refractivity contribution in [2.24, 2.45) is 5.92 Å². The second-order valence-electron chi connectivity index (χ2n) is 8.23. The van der Waals surface area contributed by atoms with E-state index in [1.807, 2.05) is 29.2 Å². The van der Waals surface area contributed by atoms with E-state index in [0.717, 1.165) is 12.1 Å². The summed E-state index contributed by atoms with van der Waals surface area (Å²) in [6, 6.07) is 11.8. The Morgan fingerprint density at radius 2 is 1.91 bits per heavy atom. The van der Waals surface area contributed by atoms with E-state index in [-0.39, 0.29) is 30.2 Å². The van der Waals surface area contributed by atoms with E-state index in [4.69, 9.17) is 9.47 Å². The Morgan fingerprint density at radius 3 is 2.75 bits per heavy atom. The van der Waals surface area contributed by atoms with E-state index in [1.54, 1.807) is 27.6 Å². The first-order valence-electron chi connectivity index (χ1n) is 10.8. The molecule has 2 aromatic heterocycles. The lowest BCUT2D eigenvalue weighted by Crippen LogP contribution is -2.43. The van der Waals surface area contributed by atoms with Crippen LogP contribution in [0.25, 0.3) is 0 Å².